The van der Waals surface area contributed by atoms with Gasteiger partial charge < -0.3 is 10.8 Å². The van der Waals surface area contributed by atoms with E-state index in [1.165, 1.54) is 13.0 Å². The van der Waals surface area contributed by atoms with E-state index in [1.54, 1.807) is 6.92 Å². The molecule has 0 radical (unpaired) electrons. The SMILES string of the molecule is CCC(CO)NS(=O)(=O)c1cc(N)c(C)c(F)c1. The first-order valence-corrected chi connectivity index (χ1v) is 6.99. The standard InChI is InChI=1S/C11H17FN2O3S/c1-3-8(6-15)14-18(16,17)9-4-10(12)7(2)11(13)5-9/h4-5,8,14-15H,3,6,13H2,1-2H3. The van der Waals surface area contributed by atoms with Crippen molar-refractivity contribution in [2.24, 2.45) is 0 Å². The molecule has 0 aliphatic rings. The third-order valence-electron chi connectivity index (χ3n) is 2.70. The van der Waals surface area contributed by atoms with Crippen LogP contribution in [0, 0.1) is 12.7 Å². The number of nitrogens with one attached hydrogen (secondary N) is 1. The second-order valence-electron chi connectivity index (χ2n) is 4.03. The van der Waals surface area contributed by atoms with Crippen molar-refractivity contribution in [3.8, 4) is 0 Å². The summed E-state index contributed by atoms with van der Waals surface area (Å²) >= 11 is 0. The Labute approximate surface area is 106 Å². The van der Waals surface area contributed by atoms with Gasteiger partial charge in [0.15, 0.2) is 0 Å². The fourth-order valence-corrected chi connectivity index (χ4v) is 2.72. The van der Waals surface area contributed by atoms with Crippen molar-refractivity contribution < 1.29 is 17.9 Å². The highest BCUT2D eigenvalue weighted by molar-refractivity contribution is 7.89. The Morgan fingerprint density at radius 3 is 2.56 bits per heavy atom. The first-order chi connectivity index (χ1) is 8.31. The molecular weight excluding hydrogens is 259 g/mol. The number of rotatable bonds is 5. The normalized spacial score (nSPS) is 13.6. The highest BCUT2D eigenvalue weighted by atomic mass is 32.2. The summed E-state index contributed by atoms with van der Waals surface area (Å²) in [6, 6.07) is 1.52. The first kappa shape index (κ1) is 14.9. The Morgan fingerprint density at radius 2 is 2.11 bits per heavy atom. The molecule has 102 valence electrons. The number of aliphatic hydroxyl groups excluding tert-OH is 1. The lowest BCUT2D eigenvalue weighted by Gasteiger charge is -2.15. The molecule has 0 aliphatic carbocycles. The van der Waals surface area contributed by atoms with Gasteiger partial charge in [-0.25, -0.2) is 17.5 Å². The monoisotopic (exact) mass is 276 g/mol. The van der Waals surface area contributed by atoms with Gasteiger partial charge in [0.25, 0.3) is 0 Å². The van der Waals surface area contributed by atoms with Gasteiger partial charge in [-0.2, -0.15) is 0 Å². The Balaban J connectivity index is 3.13. The minimum Gasteiger partial charge on any atom is -0.398 e. The minimum atomic E-state index is -3.88. The Hall–Kier alpha value is -1.18. The zero-order valence-electron chi connectivity index (χ0n) is 10.3. The number of hydrogen-bond acceptors (Lipinski definition) is 4. The summed E-state index contributed by atoms with van der Waals surface area (Å²) in [5, 5.41) is 8.96. The maximum Gasteiger partial charge on any atom is 0.241 e. The van der Waals surface area contributed by atoms with E-state index in [-0.39, 0.29) is 22.8 Å². The summed E-state index contributed by atoms with van der Waals surface area (Å²) in [5.74, 6) is -0.674. The number of anilines is 1. The molecular formula is C11H17FN2O3S. The molecule has 18 heavy (non-hydrogen) atoms. The van der Waals surface area contributed by atoms with Gasteiger partial charge in [0, 0.05) is 17.3 Å². The number of aliphatic hydroxyl groups is 1. The van der Waals surface area contributed by atoms with Crippen molar-refractivity contribution >= 4 is 15.7 Å². The second kappa shape index (κ2) is 5.64. The molecule has 4 N–H and O–H groups in total. The zero-order valence-corrected chi connectivity index (χ0v) is 11.1. The van der Waals surface area contributed by atoms with E-state index in [4.69, 9.17) is 10.8 Å². The molecule has 1 unspecified atom stereocenters. The van der Waals surface area contributed by atoms with Gasteiger partial charge in [0.05, 0.1) is 11.5 Å². The predicted molar refractivity (Wildman–Crippen MR) is 67.0 cm³/mol. The third-order valence-corrected chi connectivity index (χ3v) is 4.20. The van der Waals surface area contributed by atoms with Crippen LogP contribution in [-0.4, -0.2) is 26.2 Å². The van der Waals surface area contributed by atoms with Gasteiger partial charge in [-0.15, -0.1) is 0 Å². The van der Waals surface area contributed by atoms with Crippen molar-refractivity contribution in [3.05, 3.63) is 23.5 Å². The van der Waals surface area contributed by atoms with E-state index < -0.39 is 21.9 Å². The first-order valence-electron chi connectivity index (χ1n) is 5.50. The molecule has 7 heteroatoms. The van der Waals surface area contributed by atoms with E-state index in [9.17, 15) is 12.8 Å². The summed E-state index contributed by atoms with van der Waals surface area (Å²) < 4.78 is 39.6. The van der Waals surface area contributed by atoms with Crippen LogP contribution in [-0.2, 0) is 10.0 Å². The van der Waals surface area contributed by atoms with E-state index in [0.29, 0.717) is 6.42 Å². The number of nitrogen functional groups attached to an aromatic ring is 1. The molecule has 0 aromatic heterocycles. The summed E-state index contributed by atoms with van der Waals surface area (Å²) in [7, 11) is -3.88. The Morgan fingerprint density at radius 1 is 1.50 bits per heavy atom. The minimum absolute atomic E-state index is 0.0763. The van der Waals surface area contributed by atoms with Crippen LogP contribution >= 0.6 is 0 Å². The lowest BCUT2D eigenvalue weighted by Crippen LogP contribution is -2.37. The molecule has 1 rings (SSSR count). The fraction of sp³-hybridized carbons (Fsp3) is 0.455. The van der Waals surface area contributed by atoms with Crippen LogP contribution in [0.3, 0.4) is 0 Å². The highest BCUT2D eigenvalue weighted by Crippen LogP contribution is 2.21. The van der Waals surface area contributed by atoms with Crippen LogP contribution in [0.2, 0.25) is 0 Å². The van der Waals surface area contributed by atoms with Crippen molar-refractivity contribution in [3.63, 3.8) is 0 Å². The van der Waals surface area contributed by atoms with Gasteiger partial charge in [-0.1, -0.05) is 6.92 Å². The molecule has 0 heterocycles. The highest BCUT2D eigenvalue weighted by Gasteiger charge is 2.20. The molecule has 0 spiro atoms. The van der Waals surface area contributed by atoms with Crippen molar-refractivity contribution in [2.75, 3.05) is 12.3 Å². The van der Waals surface area contributed by atoms with Crippen molar-refractivity contribution in [2.45, 2.75) is 31.2 Å². The molecule has 0 saturated heterocycles. The summed E-state index contributed by atoms with van der Waals surface area (Å²) in [4.78, 5) is -0.241. The van der Waals surface area contributed by atoms with Gasteiger partial charge in [-0.3, -0.25) is 0 Å². The predicted octanol–water partition coefficient (Wildman–Crippen LogP) is 0.766. The molecule has 1 atom stereocenters. The molecule has 0 fully saturated rings. The van der Waals surface area contributed by atoms with Crippen LogP contribution in [0.1, 0.15) is 18.9 Å². The van der Waals surface area contributed by atoms with Crippen molar-refractivity contribution in [1.82, 2.24) is 4.72 Å². The molecule has 0 saturated carbocycles. The van der Waals surface area contributed by atoms with Gasteiger partial charge in [0.2, 0.25) is 10.0 Å². The number of nitrogens with two attached hydrogens (primary N) is 1. The van der Waals surface area contributed by atoms with Gasteiger partial charge in [0.1, 0.15) is 5.82 Å². The number of sulfonamides is 1. The number of hydrogen-bond donors (Lipinski definition) is 3. The lowest BCUT2D eigenvalue weighted by atomic mass is 10.2. The molecule has 1 aromatic rings. The zero-order chi connectivity index (χ0) is 13.9. The van der Waals surface area contributed by atoms with Gasteiger partial charge in [-0.05, 0) is 25.5 Å². The van der Waals surface area contributed by atoms with Gasteiger partial charge >= 0.3 is 0 Å². The number of benzene rings is 1. The topological polar surface area (TPSA) is 92.4 Å². The van der Waals surface area contributed by atoms with Crippen LogP contribution in [0.4, 0.5) is 10.1 Å². The molecule has 0 bridgehead atoms. The summed E-state index contributed by atoms with van der Waals surface area (Å²) in [6.45, 7) is 2.88. The van der Waals surface area contributed by atoms with Crippen LogP contribution in [0.25, 0.3) is 0 Å². The van der Waals surface area contributed by atoms with Crippen LogP contribution in [0.15, 0.2) is 17.0 Å². The summed E-state index contributed by atoms with van der Waals surface area (Å²) in [6.07, 6.45) is 0.430. The lowest BCUT2D eigenvalue weighted by molar-refractivity contribution is 0.254. The maximum absolute atomic E-state index is 13.4. The largest absolute Gasteiger partial charge is 0.398 e. The Kier molecular flexibility index (Phi) is 4.66. The average Bonchev–Trinajstić information content (AvgIpc) is 2.32. The summed E-state index contributed by atoms with van der Waals surface area (Å²) in [5.41, 5.74) is 5.82. The molecule has 5 nitrogen and oxygen atoms in total. The second-order valence-corrected chi connectivity index (χ2v) is 5.74. The molecule has 1 aromatic carbocycles. The average molecular weight is 276 g/mol. The van der Waals surface area contributed by atoms with Crippen LogP contribution < -0.4 is 10.5 Å². The maximum atomic E-state index is 13.4. The quantitative estimate of drug-likeness (QED) is 0.692. The molecule has 0 amide bonds. The van der Waals surface area contributed by atoms with E-state index in [1.807, 2.05) is 0 Å². The smallest absolute Gasteiger partial charge is 0.241 e. The van der Waals surface area contributed by atoms with E-state index in [0.717, 1.165) is 6.07 Å². The Bertz CT molecular complexity index is 504. The fourth-order valence-electron chi connectivity index (χ4n) is 1.37. The van der Waals surface area contributed by atoms with Crippen LogP contribution in [0.5, 0.6) is 0 Å². The molecule has 0 aliphatic heterocycles. The van der Waals surface area contributed by atoms with E-state index in [2.05, 4.69) is 4.72 Å². The van der Waals surface area contributed by atoms with E-state index >= 15 is 0 Å². The van der Waals surface area contributed by atoms with Crippen molar-refractivity contribution in [1.29, 1.82) is 0 Å². The number of halogens is 1. The third kappa shape index (κ3) is 3.18.